The summed E-state index contributed by atoms with van der Waals surface area (Å²) < 4.78 is 6.68. The summed E-state index contributed by atoms with van der Waals surface area (Å²) in [5, 5.41) is 13.3. The molecule has 0 aliphatic heterocycles. The summed E-state index contributed by atoms with van der Waals surface area (Å²) in [4.78, 5) is 12.7. The van der Waals surface area contributed by atoms with Gasteiger partial charge in [-0.1, -0.05) is 68.9 Å². The highest BCUT2D eigenvalue weighted by molar-refractivity contribution is 9.10. The van der Waals surface area contributed by atoms with E-state index in [0.29, 0.717) is 22.9 Å². The Bertz CT molecular complexity index is 1170. The van der Waals surface area contributed by atoms with Crippen molar-refractivity contribution in [2.75, 3.05) is 5.32 Å². The van der Waals surface area contributed by atoms with Crippen molar-refractivity contribution in [3.8, 4) is 11.8 Å². The van der Waals surface area contributed by atoms with Crippen LogP contribution in [0.5, 0.6) is 5.75 Å². The van der Waals surface area contributed by atoms with E-state index in [4.69, 9.17) is 39.5 Å². The first-order chi connectivity index (χ1) is 14.9. The van der Waals surface area contributed by atoms with Crippen LogP contribution in [0.1, 0.15) is 11.1 Å². The Labute approximate surface area is 203 Å². The van der Waals surface area contributed by atoms with Gasteiger partial charge in [-0.3, -0.25) is 4.79 Å². The van der Waals surface area contributed by atoms with E-state index in [1.54, 1.807) is 42.5 Å². The molecule has 0 saturated carbocycles. The molecule has 0 fully saturated rings. The second-order valence-corrected chi connectivity index (χ2v) is 8.48. The number of benzene rings is 3. The van der Waals surface area contributed by atoms with E-state index in [1.807, 2.05) is 24.3 Å². The zero-order valence-electron chi connectivity index (χ0n) is 15.8. The number of ether oxygens (including phenoxy) is 1. The standard InChI is InChI=1S/C23H14BrCl3N2O2/c24-17-6-9-21(31-13-14-4-7-18(25)8-5-14)15(11-17)10-16(12-28)23(30)29-22-19(26)2-1-3-20(22)27/h1-11H,13H2,(H,29,30)/b16-10+. The second kappa shape index (κ2) is 10.7. The van der Waals surface area contributed by atoms with Crippen LogP contribution in [0, 0.1) is 11.3 Å². The van der Waals surface area contributed by atoms with Crippen molar-refractivity contribution < 1.29 is 9.53 Å². The van der Waals surface area contributed by atoms with Crippen molar-refractivity contribution in [1.82, 2.24) is 0 Å². The number of amides is 1. The minimum absolute atomic E-state index is 0.134. The summed E-state index contributed by atoms with van der Waals surface area (Å²) in [7, 11) is 0. The first-order valence-electron chi connectivity index (χ1n) is 8.91. The molecule has 156 valence electrons. The van der Waals surface area contributed by atoms with Gasteiger partial charge in [0, 0.05) is 15.1 Å². The molecule has 0 heterocycles. The number of carbonyl (C=O) groups excluding carboxylic acids is 1. The molecule has 3 aromatic carbocycles. The lowest BCUT2D eigenvalue weighted by atomic mass is 10.1. The third kappa shape index (κ3) is 6.25. The van der Waals surface area contributed by atoms with Crippen molar-refractivity contribution in [1.29, 1.82) is 5.26 Å². The molecule has 0 aliphatic rings. The fourth-order valence-corrected chi connectivity index (χ4v) is 3.60. The smallest absolute Gasteiger partial charge is 0.266 e. The fourth-order valence-electron chi connectivity index (χ4n) is 2.61. The molecule has 0 unspecified atom stereocenters. The van der Waals surface area contributed by atoms with Crippen LogP contribution in [-0.4, -0.2) is 5.91 Å². The van der Waals surface area contributed by atoms with Crippen molar-refractivity contribution in [2.24, 2.45) is 0 Å². The highest BCUT2D eigenvalue weighted by Crippen LogP contribution is 2.31. The topological polar surface area (TPSA) is 62.1 Å². The maximum Gasteiger partial charge on any atom is 0.266 e. The lowest BCUT2D eigenvalue weighted by molar-refractivity contribution is -0.112. The Balaban J connectivity index is 1.85. The lowest BCUT2D eigenvalue weighted by Crippen LogP contribution is -2.14. The zero-order valence-corrected chi connectivity index (χ0v) is 19.7. The summed E-state index contributed by atoms with van der Waals surface area (Å²) in [5.41, 5.74) is 1.59. The molecule has 0 radical (unpaired) electrons. The largest absolute Gasteiger partial charge is 0.488 e. The van der Waals surface area contributed by atoms with Gasteiger partial charge in [0.2, 0.25) is 0 Å². The maximum atomic E-state index is 12.7. The van der Waals surface area contributed by atoms with Gasteiger partial charge in [0.15, 0.2) is 0 Å². The van der Waals surface area contributed by atoms with Gasteiger partial charge in [-0.15, -0.1) is 0 Å². The van der Waals surface area contributed by atoms with Crippen LogP contribution < -0.4 is 10.1 Å². The molecular weight excluding hydrogens is 523 g/mol. The van der Waals surface area contributed by atoms with E-state index in [-0.39, 0.29) is 21.3 Å². The molecular formula is C23H14BrCl3N2O2. The van der Waals surface area contributed by atoms with Crippen LogP contribution in [0.4, 0.5) is 5.69 Å². The summed E-state index contributed by atoms with van der Waals surface area (Å²) >= 11 is 21.5. The third-order valence-electron chi connectivity index (χ3n) is 4.15. The molecule has 0 aromatic heterocycles. The molecule has 3 aromatic rings. The molecule has 0 bridgehead atoms. The monoisotopic (exact) mass is 534 g/mol. The molecule has 0 saturated heterocycles. The van der Waals surface area contributed by atoms with Crippen LogP contribution in [0.2, 0.25) is 15.1 Å². The predicted molar refractivity (Wildman–Crippen MR) is 129 cm³/mol. The van der Waals surface area contributed by atoms with E-state index < -0.39 is 5.91 Å². The fraction of sp³-hybridized carbons (Fsp3) is 0.0435. The SMILES string of the molecule is N#C/C(=C\c1cc(Br)ccc1OCc1ccc(Cl)cc1)C(=O)Nc1c(Cl)cccc1Cl. The number of para-hydroxylation sites is 1. The number of nitrogens with zero attached hydrogens (tertiary/aromatic N) is 1. The van der Waals surface area contributed by atoms with Crippen molar-refractivity contribution in [3.05, 3.63) is 96.9 Å². The number of hydrogen-bond acceptors (Lipinski definition) is 3. The maximum absolute atomic E-state index is 12.7. The highest BCUT2D eigenvalue weighted by atomic mass is 79.9. The molecule has 1 amide bonds. The van der Waals surface area contributed by atoms with Crippen molar-refractivity contribution in [2.45, 2.75) is 6.61 Å². The second-order valence-electron chi connectivity index (χ2n) is 6.32. The van der Waals surface area contributed by atoms with Gasteiger partial charge in [0.25, 0.3) is 5.91 Å². The van der Waals surface area contributed by atoms with Crippen LogP contribution in [0.3, 0.4) is 0 Å². The summed E-state index contributed by atoms with van der Waals surface area (Å²) in [6.07, 6.45) is 1.45. The van der Waals surface area contributed by atoms with E-state index in [2.05, 4.69) is 21.2 Å². The predicted octanol–water partition coefficient (Wildman–Crippen LogP) is 7.53. The van der Waals surface area contributed by atoms with Gasteiger partial charge < -0.3 is 10.1 Å². The molecule has 4 nitrogen and oxygen atoms in total. The number of hydrogen-bond donors (Lipinski definition) is 1. The highest BCUT2D eigenvalue weighted by Gasteiger charge is 2.15. The summed E-state index contributed by atoms with van der Waals surface area (Å²) in [6, 6.07) is 19.4. The minimum atomic E-state index is -0.638. The van der Waals surface area contributed by atoms with Gasteiger partial charge >= 0.3 is 0 Å². The molecule has 31 heavy (non-hydrogen) atoms. The number of nitriles is 1. The van der Waals surface area contributed by atoms with Crippen LogP contribution in [0.25, 0.3) is 6.08 Å². The molecule has 0 atom stereocenters. The Kier molecular flexibility index (Phi) is 8.00. The van der Waals surface area contributed by atoms with Crippen LogP contribution >= 0.6 is 50.7 Å². The molecule has 0 spiro atoms. The molecule has 8 heteroatoms. The number of carbonyl (C=O) groups is 1. The number of nitrogens with one attached hydrogen (secondary N) is 1. The lowest BCUT2D eigenvalue weighted by Gasteiger charge is -2.11. The van der Waals surface area contributed by atoms with E-state index in [1.165, 1.54) is 6.08 Å². The van der Waals surface area contributed by atoms with Gasteiger partial charge in [-0.2, -0.15) is 5.26 Å². The van der Waals surface area contributed by atoms with E-state index >= 15 is 0 Å². The molecule has 3 rings (SSSR count). The van der Waals surface area contributed by atoms with E-state index in [9.17, 15) is 10.1 Å². The first-order valence-corrected chi connectivity index (χ1v) is 10.8. The Hall–Kier alpha value is -2.49. The summed E-state index contributed by atoms with van der Waals surface area (Å²) in [6.45, 7) is 0.295. The molecule has 0 aliphatic carbocycles. The Morgan fingerprint density at radius 3 is 2.39 bits per heavy atom. The minimum Gasteiger partial charge on any atom is -0.488 e. The van der Waals surface area contributed by atoms with E-state index in [0.717, 1.165) is 10.0 Å². The first kappa shape index (κ1) is 23.2. The van der Waals surface area contributed by atoms with Crippen LogP contribution in [-0.2, 0) is 11.4 Å². The Morgan fingerprint density at radius 2 is 1.74 bits per heavy atom. The average Bonchev–Trinajstić information content (AvgIpc) is 2.75. The van der Waals surface area contributed by atoms with Gasteiger partial charge in [0.1, 0.15) is 24.0 Å². The van der Waals surface area contributed by atoms with Crippen LogP contribution in [0.15, 0.2) is 70.7 Å². The third-order valence-corrected chi connectivity index (χ3v) is 5.52. The summed E-state index contributed by atoms with van der Waals surface area (Å²) in [5.74, 6) is -0.129. The number of rotatable bonds is 6. The van der Waals surface area contributed by atoms with Gasteiger partial charge in [-0.05, 0) is 54.1 Å². The molecule has 1 N–H and O–H groups in total. The number of halogens is 4. The van der Waals surface area contributed by atoms with Gasteiger partial charge in [0.05, 0.1) is 15.7 Å². The number of anilines is 1. The Morgan fingerprint density at radius 1 is 1.06 bits per heavy atom. The average molecular weight is 537 g/mol. The normalized spacial score (nSPS) is 11.0. The zero-order chi connectivity index (χ0) is 22.4. The quantitative estimate of drug-likeness (QED) is 0.262. The van der Waals surface area contributed by atoms with Crippen molar-refractivity contribution >= 4 is 68.4 Å². The van der Waals surface area contributed by atoms with Gasteiger partial charge in [-0.25, -0.2) is 0 Å². The van der Waals surface area contributed by atoms with Crippen molar-refractivity contribution in [3.63, 3.8) is 0 Å².